The van der Waals surface area contributed by atoms with Crippen molar-refractivity contribution in [3.63, 3.8) is 0 Å². The SMILES string of the molecule is CNC1C(=O)Nc2cc(Sc3nc(C)co3)ccc21. The number of aryl methyl sites for hydroxylation is 1. The zero-order valence-electron chi connectivity index (χ0n) is 10.6. The van der Waals surface area contributed by atoms with E-state index in [1.54, 1.807) is 13.3 Å². The van der Waals surface area contributed by atoms with Crippen molar-refractivity contribution in [3.8, 4) is 0 Å². The summed E-state index contributed by atoms with van der Waals surface area (Å²) in [6, 6.07) is 5.59. The number of carbonyl (C=O) groups is 1. The first kappa shape index (κ1) is 12.3. The molecule has 1 aromatic heterocycles. The Balaban J connectivity index is 1.87. The minimum atomic E-state index is -0.266. The van der Waals surface area contributed by atoms with Crippen LogP contribution in [0.2, 0.25) is 0 Å². The van der Waals surface area contributed by atoms with Crippen LogP contribution in [0.25, 0.3) is 0 Å². The summed E-state index contributed by atoms with van der Waals surface area (Å²) in [6.07, 6.45) is 1.62. The smallest absolute Gasteiger partial charge is 0.260 e. The van der Waals surface area contributed by atoms with Gasteiger partial charge in [-0.25, -0.2) is 4.98 Å². The number of benzene rings is 1. The monoisotopic (exact) mass is 275 g/mol. The van der Waals surface area contributed by atoms with Crippen LogP contribution < -0.4 is 10.6 Å². The second-order valence-corrected chi connectivity index (χ2v) is 5.34. The van der Waals surface area contributed by atoms with Crippen LogP contribution in [0.1, 0.15) is 17.3 Å². The lowest BCUT2D eigenvalue weighted by atomic mass is 10.1. The molecule has 1 aliphatic rings. The van der Waals surface area contributed by atoms with Crippen molar-refractivity contribution in [3.05, 3.63) is 35.7 Å². The predicted octanol–water partition coefficient (Wildman–Crippen LogP) is 2.35. The van der Waals surface area contributed by atoms with Gasteiger partial charge in [0.2, 0.25) is 5.91 Å². The molecular weight excluding hydrogens is 262 g/mol. The number of anilines is 1. The summed E-state index contributed by atoms with van der Waals surface area (Å²) >= 11 is 1.44. The van der Waals surface area contributed by atoms with Gasteiger partial charge in [0.25, 0.3) is 5.22 Å². The second-order valence-electron chi connectivity index (χ2n) is 4.32. The second kappa shape index (κ2) is 4.71. The Bertz CT molecular complexity index is 639. The highest BCUT2D eigenvalue weighted by Crippen LogP contribution is 2.36. The molecule has 2 aromatic rings. The van der Waals surface area contributed by atoms with Gasteiger partial charge in [0.1, 0.15) is 12.3 Å². The number of nitrogens with one attached hydrogen (secondary N) is 2. The minimum Gasteiger partial charge on any atom is -0.439 e. The number of amides is 1. The Kier molecular flexibility index (Phi) is 3.04. The normalized spacial score (nSPS) is 17.4. The first-order valence-corrected chi connectivity index (χ1v) is 6.71. The van der Waals surface area contributed by atoms with Crippen LogP contribution >= 0.6 is 11.8 Å². The van der Waals surface area contributed by atoms with E-state index in [2.05, 4.69) is 15.6 Å². The van der Waals surface area contributed by atoms with E-state index in [-0.39, 0.29) is 11.9 Å². The molecule has 1 amide bonds. The van der Waals surface area contributed by atoms with Crippen molar-refractivity contribution < 1.29 is 9.21 Å². The van der Waals surface area contributed by atoms with Gasteiger partial charge in [-0.2, -0.15) is 0 Å². The van der Waals surface area contributed by atoms with Gasteiger partial charge in [0.05, 0.1) is 5.69 Å². The molecule has 98 valence electrons. The summed E-state index contributed by atoms with van der Waals surface area (Å²) < 4.78 is 5.30. The van der Waals surface area contributed by atoms with Crippen molar-refractivity contribution in [1.82, 2.24) is 10.3 Å². The van der Waals surface area contributed by atoms with E-state index in [0.29, 0.717) is 5.22 Å². The van der Waals surface area contributed by atoms with Gasteiger partial charge in [-0.05, 0) is 37.9 Å². The number of oxazole rings is 1. The molecule has 2 N–H and O–H groups in total. The third-order valence-corrected chi connectivity index (χ3v) is 3.80. The third kappa shape index (κ3) is 2.24. The maximum absolute atomic E-state index is 11.7. The van der Waals surface area contributed by atoms with Crippen LogP contribution in [0.3, 0.4) is 0 Å². The highest BCUT2D eigenvalue weighted by atomic mass is 32.2. The molecular formula is C13H13N3O2S. The fourth-order valence-electron chi connectivity index (χ4n) is 2.07. The molecule has 0 saturated carbocycles. The number of rotatable bonds is 3. The zero-order chi connectivity index (χ0) is 13.4. The van der Waals surface area contributed by atoms with E-state index in [1.807, 2.05) is 25.1 Å². The Labute approximate surface area is 114 Å². The molecule has 0 fully saturated rings. The lowest BCUT2D eigenvalue weighted by Crippen LogP contribution is -2.23. The Morgan fingerprint density at radius 3 is 3.00 bits per heavy atom. The highest BCUT2D eigenvalue weighted by molar-refractivity contribution is 7.99. The van der Waals surface area contributed by atoms with E-state index in [0.717, 1.165) is 21.8 Å². The molecule has 3 rings (SSSR count). The van der Waals surface area contributed by atoms with Gasteiger partial charge in [0, 0.05) is 16.1 Å². The number of hydrogen-bond donors (Lipinski definition) is 2. The standard InChI is InChI=1S/C13H13N3O2S/c1-7-6-18-13(15-7)19-8-3-4-9-10(5-8)16-12(17)11(9)14-2/h3-6,11,14H,1-2H3,(H,16,17). The number of nitrogens with zero attached hydrogens (tertiary/aromatic N) is 1. The zero-order valence-corrected chi connectivity index (χ0v) is 11.4. The highest BCUT2D eigenvalue weighted by Gasteiger charge is 2.29. The van der Waals surface area contributed by atoms with Crippen LogP contribution in [-0.2, 0) is 4.79 Å². The fraction of sp³-hybridized carbons (Fsp3) is 0.231. The van der Waals surface area contributed by atoms with Crippen LogP contribution in [-0.4, -0.2) is 17.9 Å². The van der Waals surface area contributed by atoms with E-state index in [4.69, 9.17) is 4.42 Å². The predicted molar refractivity (Wildman–Crippen MR) is 72.2 cm³/mol. The minimum absolute atomic E-state index is 0.0216. The number of hydrogen-bond acceptors (Lipinski definition) is 5. The first-order valence-electron chi connectivity index (χ1n) is 5.89. The van der Waals surface area contributed by atoms with Crippen LogP contribution in [0.15, 0.2) is 39.0 Å². The molecule has 1 atom stereocenters. The van der Waals surface area contributed by atoms with Crippen LogP contribution in [0.4, 0.5) is 5.69 Å². The van der Waals surface area contributed by atoms with Crippen molar-refractivity contribution in [1.29, 1.82) is 0 Å². The maximum Gasteiger partial charge on any atom is 0.260 e. The molecule has 0 saturated heterocycles. The quantitative estimate of drug-likeness (QED) is 0.900. The molecule has 1 aromatic carbocycles. The molecule has 19 heavy (non-hydrogen) atoms. The summed E-state index contributed by atoms with van der Waals surface area (Å²) in [6.45, 7) is 1.88. The molecule has 0 spiro atoms. The summed E-state index contributed by atoms with van der Waals surface area (Å²) in [5.74, 6) is -0.0216. The number of likely N-dealkylation sites (N-methyl/N-ethyl adjacent to an activating group) is 1. The van der Waals surface area contributed by atoms with E-state index >= 15 is 0 Å². The fourth-order valence-corrected chi connectivity index (χ4v) is 2.87. The average Bonchev–Trinajstić information content (AvgIpc) is 2.91. The molecule has 6 heteroatoms. The summed E-state index contributed by atoms with van der Waals surface area (Å²) in [5, 5.41) is 6.46. The summed E-state index contributed by atoms with van der Waals surface area (Å²) in [5.41, 5.74) is 2.67. The van der Waals surface area contributed by atoms with Crippen molar-refractivity contribution in [2.75, 3.05) is 12.4 Å². The molecule has 0 bridgehead atoms. The summed E-state index contributed by atoms with van der Waals surface area (Å²) in [4.78, 5) is 17.0. The molecule has 0 aliphatic carbocycles. The topological polar surface area (TPSA) is 67.2 Å². The Morgan fingerprint density at radius 1 is 1.47 bits per heavy atom. The lowest BCUT2D eigenvalue weighted by molar-refractivity contribution is -0.117. The maximum atomic E-state index is 11.7. The lowest BCUT2D eigenvalue weighted by Gasteiger charge is -2.06. The van der Waals surface area contributed by atoms with Gasteiger partial charge in [-0.1, -0.05) is 6.07 Å². The number of carbonyl (C=O) groups excluding carboxylic acids is 1. The van der Waals surface area contributed by atoms with E-state index in [1.165, 1.54) is 11.8 Å². The van der Waals surface area contributed by atoms with Gasteiger partial charge in [0.15, 0.2) is 0 Å². The van der Waals surface area contributed by atoms with Crippen molar-refractivity contribution >= 4 is 23.4 Å². The van der Waals surface area contributed by atoms with Gasteiger partial charge in [-0.15, -0.1) is 0 Å². The van der Waals surface area contributed by atoms with Crippen LogP contribution in [0, 0.1) is 6.92 Å². The van der Waals surface area contributed by atoms with Gasteiger partial charge < -0.3 is 15.1 Å². The largest absolute Gasteiger partial charge is 0.439 e. The van der Waals surface area contributed by atoms with Gasteiger partial charge in [-0.3, -0.25) is 4.79 Å². The molecule has 0 radical (unpaired) electrons. The molecule has 1 aliphatic heterocycles. The van der Waals surface area contributed by atoms with E-state index in [9.17, 15) is 4.79 Å². The Hall–Kier alpha value is -1.79. The van der Waals surface area contributed by atoms with Crippen molar-refractivity contribution in [2.45, 2.75) is 23.1 Å². The van der Waals surface area contributed by atoms with Gasteiger partial charge >= 0.3 is 0 Å². The molecule has 1 unspecified atom stereocenters. The number of aromatic nitrogens is 1. The molecule has 2 heterocycles. The van der Waals surface area contributed by atoms with E-state index < -0.39 is 0 Å². The van der Waals surface area contributed by atoms with Crippen LogP contribution in [0.5, 0.6) is 0 Å². The Morgan fingerprint density at radius 2 is 2.32 bits per heavy atom. The average molecular weight is 275 g/mol. The summed E-state index contributed by atoms with van der Waals surface area (Å²) in [7, 11) is 1.78. The van der Waals surface area contributed by atoms with Crippen molar-refractivity contribution in [2.24, 2.45) is 0 Å². The third-order valence-electron chi connectivity index (χ3n) is 2.95. The first-order chi connectivity index (χ1) is 9.17. The molecule has 5 nitrogen and oxygen atoms in total. The number of fused-ring (bicyclic) bond motifs is 1.